The predicted octanol–water partition coefficient (Wildman–Crippen LogP) is 3.70. The molecule has 4 rings (SSSR count). The van der Waals surface area contributed by atoms with Crippen LogP contribution in [-0.2, 0) is 0 Å². The van der Waals surface area contributed by atoms with Crippen LogP contribution in [-0.4, -0.2) is 48.9 Å². The molecule has 0 unspecified atom stereocenters. The van der Waals surface area contributed by atoms with Crippen LogP contribution in [0.5, 0.6) is 11.5 Å². The second kappa shape index (κ2) is 6.11. The van der Waals surface area contributed by atoms with Crippen LogP contribution in [0.3, 0.4) is 0 Å². The molecule has 1 fully saturated rings. The summed E-state index contributed by atoms with van der Waals surface area (Å²) in [6.45, 7) is 5.00. The van der Waals surface area contributed by atoms with Crippen LogP contribution >= 0.6 is 0 Å². The van der Waals surface area contributed by atoms with Gasteiger partial charge in [0.1, 0.15) is 23.1 Å². The van der Waals surface area contributed by atoms with E-state index in [2.05, 4.69) is 21.8 Å². The minimum atomic E-state index is -0.434. The number of aryl methyl sites for hydroxylation is 1. The third kappa shape index (κ3) is 2.87. The van der Waals surface area contributed by atoms with Crippen molar-refractivity contribution in [3.05, 3.63) is 53.1 Å². The van der Waals surface area contributed by atoms with Crippen LogP contribution in [0.4, 0.5) is 14.5 Å². The van der Waals surface area contributed by atoms with E-state index in [0.29, 0.717) is 28.4 Å². The molecule has 0 bridgehead atoms. The van der Waals surface area contributed by atoms with Gasteiger partial charge in [-0.1, -0.05) is 6.07 Å². The van der Waals surface area contributed by atoms with Gasteiger partial charge in [0, 0.05) is 26.2 Å². The first-order chi connectivity index (χ1) is 12.0. The standard InChI is InChI=1S/C19H19F2N3O/c1-12-3-5-15-18(17(12)21)25-16-6-4-13(20)11-14(16)19(22-15)24-9-7-23(2)8-10-24/h3-6,11H,7-10H2,1-2H3. The molecular formula is C19H19F2N3O. The molecule has 2 aliphatic heterocycles. The maximum absolute atomic E-state index is 14.6. The predicted molar refractivity (Wildman–Crippen MR) is 92.9 cm³/mol. The average molecular weight is 343 g/mol. The highest BCUT2D eigenvalue weighted by molar-refractivity contribution is 6.03. The number of benzene rings is 2. The lowest BCUT2D eigenvalue weighted by molar-refractivity contribution is 0.215. The molecule has 0 aromatic heterocycles. The van der Waals surface area contributed by atoms with Crippen LogP contribution in [0, 0.1) is 18.6 Å². The number of likely N-dealkylation sites (N-methyl/N-ethyl adjacent to an activating group) is 1. The smallest absolute Gasteiger partial charge is 0.188 e. The van der Waals surface area contributed by atoms with Crippen molar-refractivity contribution >= 4 is 11.5 Å². The Hall–Kier alpha value is -2.47. The Morgan fingerprint density at radius 3 is 2.56 bits per heavy atom. The van der Waals surface area contributed by atoms with Crippen molar-refractivity contribution < 1.29 is 13.5 Å². The lowest BCUT2D eigenvalue weighted by atomic mass is 10.1. The zero-order valence-electron chi connectivity index (χ0n) is 14.2. The summed E-state index contributed by atoms with van der Waals surface area (Å²) >= 11 is 0. The fourth-order valence-corrected chi connectivity index (χ4v) is 3.14. The van der Waals surface area contributed by atoms with Crippen LogP contribution < -0.4 is 4.74 Å². The molecule has 25 heavy (non-hydrogen) atoms. The Morgan fingerprint density at radius 1 is 1.04 bits per heavy atom. The summed E-state index contributed by atoms with van der Waals surface area (Å²) in [4.78, 5) is 9.00. The fraction of sp³-hybridized carbons (Fsp3) is 0.316. The van der Waals surface area contributed by atoms with E-state index in [4.69, 9.17) is 4.74 Å². The molecule has 2 aliphatic rings. The van der Waals surface area contributed by atoms with Crippen LogP contribution in [0.15, 0.2) is 35.3 Å². The average Bonchev–Trinajstić information content (AvgIpc) is 2.76. The summed E-state index contributed by atoms with van der Waals surface area (Å²) in [5.74, 6) is 0.340. The highest BCUT2D eigenvalue weighted by atomic mass is 19.1. The van der Waals surface area contributed by atoms with Crippen molar-refractivity contribution in [2.45, 2.75) is 6.92 Å². The third-order valence-electron chi connectivity index (χ3n) is 4.69. The van der Waals surface area contributed by atoms with Gasteiger partial charge in [-0.25, -0.2) is 13.8 Å². The van der Waals surface area contributed by atoms with Gasteiger partial charge in [-0.3, -0.25) is 0 Å². The first-order valence-corrected chi connectivity index (χ1v) is 8.32. The number of hydrogen-bond acceptors (Lipinski definition) is 4. The summed E-state index contributed by atoms with van der Waals surface area (Å²) in [6.07, 6.45) is 0. The minimum absolute atomic E-state index is 0.0944. The van der Waals surface area contributed by atoms with E-state index in [0.717, 1.165) is 26.2 Å². The Kier molecular flexibility index (Phi) is 3.92. The van der Waals surface area contributed by atoms with Crippen LogP contribution in [0.1, 0.15) is 11.1 Å². The summed E-state index contributed by atoms with van der Waals surface area (Å²) in [5, 5.41) is 0. The minimum Gasteiger partial charge on any atom is -0.451 e. The summed E-state index contributed by atoms with van der Waals surface area (Å²) in [7, 11) is 2.07. The Morgan fingerprint density at radius 2 is 1.80 bits per heavy atom. The number of ether oxygens (including phenoxy) is 1. The number of rotatable bonds is 0. The molecule has 1 saturated heterocycles. The van der Waals surface area contributed by atoms with E-state index in [1.54, 1.807) is 19.1 Å². The monoisotopic (exact) mass is 343 g/mol. The largest absolute Gasteiger partial charge is 0.451 e. The molecule has 0 saturated carbocycles. The van der Waals surface area contributed by atoms with Gasteiger partial charge in [0.05, 0.1) is 5.56 Å². The number of fused-ring (bicyclic) bond motifs is 2. The quantitative estimate of drug-likeness (QED) is 0.730. The summed E-state index contributed by atoms with van der Waals surface area (Å²) in [6, 6.07) is 7.68. The van der Waals surface area contributed by atoms with Crippen molar-refractivity contribution in [3.8, 4) is 11.5 Å². The molecule has 0 aliphatic carbocycles. The van der Waals surface area contributed by atoms with E-state index in [-0.39, 0.29) is 11.6 Å². The lowest BCUT2D eigenvalue weighted by Gasteiger charge is -2.34. The first-order valence-electron chi connectivity index (χ1n) is 8.32. The number of nitrogens with zero attached hydrogens (tertiary/aromatic N) is 3. The number of piperazine rings is 1. The molecule has 0 atom stereocenters. The normalized spacial score (nSPS) is 17.3. The van der Waals surface area contributed by atoms with Crippen LogP contribution in [0.2, 0.25) is 0 Å². The molecule has 130 valence electrons. The molecule has 6 heteroatoms. The molecule has 4 nitrogen and oxygen atoms in total. The lowest BCUT2D eigenvalue weighted by Crippen LogP contribution is -2.47. The van der Waals surface area contributed by atoms with Gasteiger partial charge in [0.15, 0.2) is 11.6 Å². The maximum Gasteiger partial charge on any atom is 0.188 e. The van der Waals surface area contributed by atoms with Gasteiger partial charge in [0.25, 0.3) is 0 Å². The van der Waals surface area contributed by atoms with E-state index in [1.165, 1.54) is 18.2 Å². The topological polar surface area (TPSA) is 28.1 Å². The van der Waals surface area contributed by atoms with Crippen molar-refractivity contribution in [2.75, 3.05) is 33.2 Å². The second-order valence-corrected chi connectivity index (χ2v) is 6.51. The summed E-state index contributed by atoms with van der Waals surface area (Å²) in [5.41, 5.74) is 1.46. The number of halogens is 2. The maximum atomic E-state index is 14.6. The second-order valence-electron chi connectivity index (χ2n) is 6.51. The van der Waals surface area contributed by atoms with Gasteiger partial charge >= 0.3 is 0 Å². The van der Waals surface area contributed by atoms with Gasteiger partial charge in [0.2, 0.25) is 0 Å². The van der Waals surface area contributed by atoms with E-state index >= 15 is 0 Å². The van der Waals surface area contributed by atoms with Crippen molar-refractivity contribution in [3.63, 3.8) is 0 Å². The molecular weight excluding hydrogens is 324 g/mol. The van der Waals surface area contributed by atoms with Crippen molar-refractivity contribution in [1.29, 1.82) is 0 Å². The van der Waals surface area contributed by atoms with Crippen LogP contribution in [0.25, 0.3) is 0 Å². The third-order valence-corrected chi connectivity index (χ3v) is 4.69. The number of amidine groups is 1. The molecule has 2 aromatic carbocycles. The van der Waals surface area contributed by atoms with Gasteiger partial charge in [-0.2, -0.15) is 0 Å². The van der Waals surface area contributed by atoms with E-state index in [9.17, 15) is 8.78 Å². The van der Waals surface area contributed by atoms with E-state index in [1.807, 2.05) is 0 Å². The Bertz CT molecular complexity index is 858. The fourth-order valence-electron chi connectivity index (χ4n) is 3.14. The van der Waals surface area contributed by atoms with Crippen molar-refractivity contribution in [2.24, 2.45) is 4.99 Å². The molecule has 0 spiro atoms. The highest BCUT2D eigenvalue weighted by Crippen LogP contribution is 2.41. The molecule has 0 amide bonds. The highest BCUT2D eigenvalue weighted by Gasteiger charge is 2.27. The molecule has 0 radical (unpaired) electrons. The number of aliphatic imine (C=N–C) groups is 1. The Balaban J connectivity index is 1.88. The van der Waals surface area contributed by atoms with Gasteiger partial charge < -0.3 is 14.5 Å². The number of hydrogen-bond donors (Lipinski definition) is 0. The SMILES string of the molecule is Cc1ccc2c(c1F)Oc1ccc(F)cc1C(N1CCN(C)CC1)=N2. The zero-order valence-corrected chi connectivity index (χ0v) is 14.2. The van der Waals surface area contributed by atoms with Crippen molar-refractivity contribution in [1.82, 2.24) is 9.80 Å². The van der Waals surface area contributed by atoms with Gasteiger partial charge in [-0.05, 0) is 43.8 Å². The summed E-state index contributed by atoms with van der Waals surface area (Å²) < 4.78 is 34.3. The molecule has 2 heterocycles. The molecule has 0 N–H and O–H groups in total. The van der Waals surface area contributed by atoms with E-state index < -0.39 is 5.82 Å². The zero-order chi connectivity index (χ0) is 17.6. The van der Waals surface area contributed by atoms with Gasteiger partial charge in [-0.15, -0.1) is 0 Å². The molecule has 2 aromatic rings. The first kappa shape index (κ1) is 16.0. The Labute approximate surface area is 145 Å².